The van der Waals surface area contributed by atoms with Gasteiger partial charge >= 0.3 is 5.97 Å². The summed E-state index contributed by atoms with van der Waals surface area (Å²) in [5, 5.41) is 9.40. The molecule has 0 heterocycles. The Bertz CT molecular complexity index is 647. The molecule has 0 aliphatic heterocycles. The summed E-state index contributed by atoms with van der Waals surface area (Å²) in [7, 11) is 0. The third-order valence-corrected chi connectivity index (χ3v) is 3.45. The second-order valence-electron chi connectivity index (χ2n) is 5.40. The lowest BCUT2D eigenvalue weighted by Gasteiger charge is -2.17. The van der Waals surface area contributed by atoms with Crippen LogP contribution < -0.4 is 4.74 Å². The number of benzene rings is 2. The topological polar surface area (TPSA) is 46.5 Å². The Labute approximate surface area is 125 Å². The van der Waals surface area contributed by atoms with Gasteiger partial charge in [0.1, 0.15) is 5.75 Å². The van der Waals surface area contributed by atoms with Crippen LogP contribution in [0, 0.1) is 20.8 Å². The Hall–Kier alpha value is -2.29. The fourth-order valence-electron chi connectivity index (χ4n) is 2.25. The quantitative estimate of drug-likeness (QED) is 0.911. The van der Waals surface area contributed by atoms with Crippen LogP contribution in [0.2, 0.25) is 0 Å². The van der Waals surface area contributed by atoms with Crippen LogP contribution in [0.3, 0.4) is 0 Å². The highest BCUT2D eigenvalue weighted by atomic mass is 16.5. The van der Waals surface area contributed by atoms with Gasteiger partial charge < -0.3 is 9.84 Å². The summed E-state index contributed by atoms with van der Waals surface area (Å²) >= 11 is 0. The molecule has 110 valence electrons. The molecule has 0 saturated carbocycles. The van der Waals surface area contributed by atoms with Gasteiger partial charge in [0.05, 0.1) is 0 Å². The summed E-state index contributed by atoms with van der Waals surface area (Å²) in [4.78, 5) is 11.5. The second kappa shape index (κ2) is 6.44. The number of ether oxygens (including phenoxy) is 1. The van der Waals surface area contributed by atoms with E-state index in [9.17, 15) is 9.90 Å². The zero-order valence-corrected chi connectivity index (χ0v) is 12.6. The van der Waals surface area contributed by atoms with E-state index >= 15 is 0 Å². The zero-order valence-electron chi connectivity index (χ0n) is 12.6. The average molecular weight is 284 g/mol. The van der Waals surface area contributed by atoms with E-state index in [0.29, 0.717) is 12.2 Å². The summed E-state index contributed by atoms with van der Waals surface area (Å²) < 4.78 is 5.66. The van der Waals surface area contributed by atoms with E-state index < -0.39 is 12.1 Å². The zero-order chi connectivity index (χ0) is 15.4. The predicted molar refractivity (Wildman–Crippen MR) is 82.9 cm³/mol. The highest BCUT2D eigenvalue weighted by molar-refractivity contribution is 5.73. The van der Waals surface area contributed by atoms with E-state index in [-0.39, 0.29) is 0 Å². The molecule has 2 aromatic carbocycles. The number of rotatable bonds is 5. The third-order valence-electron chi connectivity index (χ3n) is 3.45. The summed E-state index contributed by atoms with van der Waals surface area (Å²) in [6.45, 7) is 5.94. The van der Waals surface area contributed by atoms with Crippen molar-refractivity contribution in [1.82, 2.24) is 0 Å². The highest BCUT2D eigenvalue weighted by Crippen LogP contribution is 2.18. The van der Waals surface area contributed by atoms with E-state index in [1.165, 1.54) is 0 Å². The van der Waals surface area contributed by atoms with Crippen LogP contribution in [0.4, 0.5) is 0 Å². The van der Waals surface area contributed by atoms with E-state index in [1.807, 2.05) is 57.2 Å². The molecule has 0 aromatic heterocycles. The Morgan fingerprint density at radius 2 is 1.81 bits per heavy atom. The van der Waals surface area contributed by atoms with Gasteiger partial charge in [0, 0.05) is 6.42 Å². The molecular weight excluding hydrogens is 264 g/mol. The molecule has 2 aromatic rings. The average Bonchev–Trinajstić information content (AvgIpc) is 2.42. The standard InChI is InChI=1S/C18H20O3/c1-12-5-4-6-16(10-12)21-17(18(19)20)11-15-9-13(2)7-8-14(15)3/h4-10,17H,11H2,1-3H3,(H,19,20). The fourth-order valence-corrected chi connectivity index (χ4v) is 2.25. The lowest BCUT2D eigenvalue weighted by Crippen LogP contribution is -2.29. The Morgan fingerprint density at radius 1 is 1.10 bits per heavy atom. The van der Waals surface area contributed by atoms with Gasteiger partial charge in [0.15, 0.2) is 6.10 Å². The van der Waals surface area contributed by atoms with Crippen molar-refractivity contribution in [3.63, 3.8) is 0 Å². The van der Waals surface area contributed by atoms with Crippen molar-refractivity contribution in [2.45, 2.75) is 33.3 Å². The molecule has 21 heavy (non-hydrogen) atoms. The van der Waals surface area contributed by atoms with Gasteiger partial charge in [-0.25, -0.2) is 4.79 Å². The van der Waals surface area contributed by atoms with Crippen LogP contribution >= 0.6 is 0 Å². The molecule has 3 heteroatoms. The van der Waals surface area contributed by atoms with Crippen molar-refractivity contribution >= 4 is 5.97 Å². The molecule has 0 radical (unpaired) electrons. The van der Waals surface area contributed by atoms with E-state index in [1.54, 1.807) is 6.07 Å². The minimum atomic E-state index is -0.947. The maximum Gasteiger partial charge on any atom is 0.345 e. The minimum Gasteiger partial charge on any atom is -0.478 e. The molecular formula is C18H20O3. The monoisotopic (exact) mass is 284 g/mol. The Morgan fingerprint density at radius 3 is 2.48 bits per heavy atom. The number of hydrogen-bond acceptors (Lipinski definition) is 2. The minimum absolute atomic E-state index is 0.358. The number of aliphatic carboxylic acids is 1. The van der Waals surface area contributed by atoms with Gasteiger partial charge in [0.25, 0.3) is 0 Å². The first-order valence-corrected chi connectivity index (χ1v) is 6.98. The molecule has 0 aliphatic carbocycles. The summed E-state index contributed by atoms with van der Waals surface area (Å²) in [6, 6.07) is 13.5. The third kappa shape index (κ3) is 4.09. The maximum atomic E-state index is 11.5. The molecule has 3 nitrogen and oxygen atoms in total. The molecule has 0 saturated heterocycles. The largest absolute Gasteiger partial charge is 0.478 e. The van der Waals surface area contributed by atoms with Crippen molar-refractivity contribution in [1.29, 1.82) is 0 Å². The van der Waals surface area contributed by atoms with Crippen LogP contribution in [0.1, 0.15) is 22.3 Å². The Kier molecular flexibility index (Phi) is 4.63. The number of carbonyl (C=O) groups is 1. The van der Waals surface area contributed by atoms with Crippen molar-refractivity contribution < 1.29 is 14.6 Å². The lowest BCUT2D eigenvalue weighted by molar-refractivity contribution is -0.145. The maximum absolute atomic E-state index is 11.5. The van der Waals surface area contributed by atoms with E-state index in [2.05, 4.69) is 0 Å². The van der Waals surface area contributed by atoms with E-state index in [0.717, 1.165) is 22.3 Å². The smallest absolute Gasteiger partial charge is 0.345 e. The first-order valence-electron chi connectivity index (χ1n) is 6.98. The molecule has 1 atom stereocenters. The van der Waals surface area contributed by atoms with Crippen LogP contribution in [0.15, 0.2) is 42.5 Å². The van der Waals surface area contributed by atoms with Gasteiger partial charge in [-0.05, 0) is 49.6 Å². The molecule has 0 amide bonds. The molecule has 0 fully saturated rings. The van der Waals surface area contributed by atoms with Crippen LogP contribution in [-0.4, -0.2) is 17.2 Å². The van der Waals surface area contributed by atoms with Crippen LogP contribution in [-0.2, 0) is 11.2 Å². The molecule has 1 N–H and O–H groups in total. The van der Waals surface area contributed by atoms with Gasteiger partial charge in [-0.2, -0.15) is 0 Å². The molecule has 0 bridgehead atoms. The molecule has 0 aliphatic rings. The number of carboxylic acids is 1. The van der Waals surface area contributed by atoms with Crippen molar-refractivity contribution in [2.24, 2.45) is 0 Å². The van der Waals surface area contributed by atoms with Crippen molar-refractivity contribution in [3.05, 3.63) is 64.7 Å². The SMILES string of the molecule is Cc1cccc(OC(Cc2cc(C)ccc2C)C(=O)O)c1. The number of carboxylic acid groups (broad SMARTS) is 1. The van der Waals surface area contributed by atoms with Crippen LogP contribution in [0.25, 0.3) is 0 Å². The van der Waals surface area contributed by atoms with Gasteiger partial charge in [-0.1, -0.05) is 35.9 Å². The first kappa shape index (κ1) is 15.1. The van der Waals surface area contributed by atoms with Crippen LogP contribution in [0.5, 0.6) is 5.75 Å². The summed E-state index contributed by atoms with van der Waals surface area (Å²) in [5.74, 6) is -0.356. The fraction of sp³-hybridized carbons (Fsp3) is 0.278. The van der Waals surface area contributed by atoms with Crippen molar-refractivity contribution in [3.8, 4) is 5.75 Å². The molecule has 2 rings (SSSR count). The number of hydrogen-bond donors (Lipinski definition) is 1. The van der Waals surface area contributed by atoms with Crippen molar-refractivity contribution in [2.75, 3.05) is 0 Å². The van der Waals surface area contributed by atoms with Gasteiger partial charge in [-0.15, -0.1) is 0 Å². The second-order valence-corrected chi connectivity index (χ2v) is 5.40. The first-order chi connectivity index (χ1) is 9.95. The Balaban J connectivity index is 2.20. The van der Waals surface area contributed by atoms with Gasteiger partial charge in [-0.3, -0.25) is 0 Å². The highest BCUT2D eigenvalue weighted by Gasteiger charge is 2.21. The lowest BCUT2D eigenvalue weighted by atomic mass is 10.00. The van der Waals surface area contributed by atoms with Gasteiger partial charge in [0.2, 0.25) is 0 Å². The molecule has 1 unspecified atom stereocenters. The van der Waals surface area contributed by atoms with E-state index in [4.69, 9.17) is 4.74 Å². The molecule has 0 spiro atoms. The normalized spacial score (nSPS) is 12.0. The summed E-state index contributed by atoms with van der Waals surface area (Å²) in [6.07, 6.45) is -0.524. The number of aryl methyl sites for hydroxylation is 3. The predicted octanol–water partition coefficient (Wildman–Crippen LogP) is 3.69. The summed E-state index contributed by atoms with van der Waals surface area (Å²) in [5.41, 5.74) is 4.26.